The number of nitrogens with zero attached hydrogens (tertiary/aromatic N) is 3. The molecule has 7 heteroatoms. The van der Waals surface area contributed by atoms with Crippen LogP contribution in [-0.4, -0.2) is 39.9 Å². The van der Waals surface area contributed by atoms with E-state index in [1.165, 1.54) is 0 Å². The normalized spacial score (nSPS) is 19.6. The zero-order valence-electron chi connectivity index (χ0n) is 12.2. The van der Waals surface area contributed by atoms with Gasteiger partial charge in [0.1, 0.15) is 0 Å². The fraction of sp³-hybridized carbons (Fsp3) is 0.714. The monoisotopic (exact) mass is 292 g/mol. The van der Waals surface area contributed by atoms with E-state index in [-0.39, 0.29) is 30.2 Å². The summed E-state index contributed by atoms with van der Waals surface area (Å²) in [6, 6.07) is 0. The van der Waals surface area contributed by atoms with Crippen LogP contribution < -0.4 is 5.32 Å². The summed E-state index contributed by atoms with van der Waals surface area (Å²) in [7, 11) is 0. The zero-order chi connectivity index (χ0) is 14.8. The van der Waals surface area contributed by atoms with Crippen molar-refractivity contribution in [2.75, 3.05) is 13.1 Å². The molecule has 114 valence electrons. The Kier molecular flexibility index (Phi) is 3.90. The first-order valence-electron chi connectivity index (χ1n) is 7.49. The Morgan fingerprint density at radius 2 is 1.95 bits per heavy atom. The van der Waals surface area contributed by atoms with Crippen LogP contribution in [0.15, 0.2) is 4.52 Å². The lowest BCUT2D eigenvalue weighted by molar-refractivity contribution is -0.136. The molecule has 1 N–H and O–H groups in total. The summed E-state index contributed by atoms with van der Waals surface area (Å²) in [6.45, 7) is 3.38. The van der Waals surface area contributed by atoms with E-state index < -0.39 is 0 Å². The van der Waals surface area contributed by atoms with Gasteiger partial charge in [-0.05, 0) is 32.6 Å². The molecule has 2 heterocycles. The predicted octanol–water partition coefficient (Wildman–Crippen LogP) is 0.643. The van der Waals surface area contributed by atoms with Crippen LogP contribution in [0.2, 0.25) is 0 Å². The highest BCUT2D eigenvalue weighted by Gasteiger charge is 2.35. The number of hydrogen-bond donors (Lipinski definition) is 1. The number of hydrogen-bond acceptors (Lipinski definition) is 5. The van der Waals surface area contributed by atoms with Crippen molar-refractivity contribution >= 4 is 11.8 Å². The second kappa shape index (κ2) is 5.83. The highest BCUT2D eigenvalue weighted by Crippen LogP contribution is 2.32. The van der Waals surface area contributed by atoms with Crippen LogP contribution in [0.1, 0.15) is 37.4 Å². The van der Waals surface area contributed by atoms with Crippen molar-refractivity contribution in [2.45, 2.75) is 39.2 Å². The van der Waals surface area contributed by atoms with E-state index in [1.54, 1.807) is 6.92 Å². The number of carbonyl (C=O) groups is 2. The minimum atomic E-state index is -0.0303. The van der Waals surface area contributed by atoms with E-state index in [4.69, 9.17) is 4.52 Å². The topological polar surface area (TPSA) is 88.3 Å². The summed E-state index contributed by atoms with van der Waals surface area (Å²) in [5.74, 6) is 1.49. The Hall–Kier alpha value is -1.92. The maximum Gasteiger partial charge on any atom is 0.246 e. The third kappa shape index (κ3) is 3.40. The first-order valence-corrected chi connectivity index (χ1v) is 7.49. The molecule has 1 aromatic heterocycles. The van der Waals surface area contributed by atoms with Crippen LogP contribution in [0.25, 0.3) is 0 Å². The van der Waals surface area contributed by atoms with Gasteiger partial charge in [0.25, 0.3) is 0 Å². The molecule has 2 amide bonds. The maximum atomic E-state index is 12.1. The Morgan fingerprint density at radius 1 is 1.24 bits per heavy atom. The second-order valence-electron chi connectivity index (χ2n) is 5.83. The van der Waals surface area contributed by atoms with E-state index in [9.17, 15) is 9.59 Å². The van der Waals surface area contributed by atoms with Crippen molar-refractivity contribution in [3.05, 3.63) is 11.7 Å². The molecule has 2 fully saturated rings. The molecule has 0 aromatic carbocycles. The number of amides is 2. The van der Waals surface area contributed by atoms with E-state index in [0.29, 0.717) is 24.8 Å². The fourth-order valence-electron chi connectivity index (χ4n) is 2.67. The average molecular weight is 292 g/mol. The van der Waals surface area contributed by atoms with Gasteiger partial charge in [-0.25, -0.2) is 0 Å². The van der Waals surface area contributed by atoms with Gasteiger partial charge in [0, 0.05) is 24.9 Å². The number of likely N-dealkylation sites (tertiary alicyclic amines) is 1. The summed E-state index contributed by atoms with van der Waals surface area (Å²) < 4.78 is 4.96. The molecular formula is C14H20N4O3. The van der Waals surface area contributed by atoms with E-state index in [1.807, 2.05) is 4.90 Å². The van der Waals surface area contributed by atoms with Gasteiger partial charge in [-0.1, -0.05) is 5.16 Å². The van der Waals surface area contributed by atoms with Crippen molar-refractivity contribution in [3.8, 4) is 0 Å². The predicted molar refractivity (Wildman–Crippen MR) is 72.9 cm³/mol. The summed E-state index contributed by atoms with van der Waals surface area (Å²) in [4.78, 5) is 30.0. The lowest BCUT2D eigenvalue weighted by atomic mass is 9.95. The Labute approximate surface area is 123 Å². The first-order chi connectivity index (χ1) is 10.1. The van der Waals surface area contributed by atoms with Gasteiger partial charge >= 0.3 is 0 Å². The van der Waals surface area contributed by atoms with Crippen LogP contribution in [0.3, 0.4) is 0 Å². The molecule has 0 spiro atoms. The number of piperidine rings is 1. The van der Waals surface area contributed by atoms with Gasteiger partial charge < -0.3 is 14.7 Å². The van der Waals surface area contributed by atoms with Gasteiger partial charge in [-0.2, -0.15) is 4.98 Å². The molecule has 0 atom stereocenters. The molecule has 0 radical (unpaired) electrons. The Bertz CT molecular complexity index is 530. The highest BCUT2D eigenvalue weighted by molar-refractivity contribution is 5.82. The molecule has 1 saturated heterocycles. The van der Waals surface area contributed by atoms with Crippen LogP contribution in [0, 0.1) is 18.8 Å². The summed E-state index contributed by atoms with van der Waals surface area (Å²) >= 11 is 0. The number of rotatable bonds is 4. The Morgan fingerprint density at radius 3 is 2.52 bits per heavy atom. The minimum Gasteiger partial charge on any atom is -0.347 e. The quantitative estimate of drug-likeness (QED) is 0.880. The molecule has 1 aromatic rings. The zero-order valence-corrected chi connectivity index (χ0v) is 12.2. The molecular weight excluding hydrogens is 272 g/mol. The Balaban J connectivity index is 1.43. The number of carbonyl (C=O) groups excluding carboxylic acids is 2. The van der Waals surface area contributed by atoms with Crippen LogP contribution >= 0.6 is 0 Å². The smallest absolute Gasteiger partial charge is 0.246 e. The summed E-state index contributed by atoms with van der Waals surface area (Å²) in [5, 5.41) is 6.50. The largest absolute Gasteiger partial charge is 0.347 e. The van der Waals surface area contributed by atoms with Gasteiger partial charge in [0.05, 0.1) is 6.54 Å². The third-order valence-electron chi connectivity index (χ3n) is 4.09. The molecule has 0 bridgehead atoms. The molecule has 21 heavy (non-hydrogen) atoms. The minimum absolute atomic E-state index is 0.00405. The van der Waals surface area contributed by atoms with Gasteiger partial charge in [-0.15, -0.1) is 0 Å². The first kappa shape index (κ1) is 14.0. The molecule has 0 unspecified atom stereocenters. The number of aryl methyl sites for hydroxylation is 1. The van der Waals surface area contributed by atoms with Crippen molar-refractivity contribution in [1.82, 2.24) is 20.4 Å². The average Bonchev–Trinajstić information content (AvgIpc) is 3.27. The molecule has 1 saturated carbocycles. The summed E-state index contributed by atoms with van der Waals surface area (Å²) in [5.41, 5.74) is 0. The number of aromatic nitrogens is 2. The van der Waals surface area contributed by atoms with Gasteiger partial charge in [0.15, 0.2) is 5.82 Å². The fourth-order valence-corrected chi connectivity index (χ4v) is 2.67. The molecule has 1 aliphatic carbocycles. The SMILES string of the molecule is Cc1noc(CNC(=O)C2CCN(C(=O)C3CC3)CC2)n1. The standard InChI is InChI=1S/C14H20N4O3/c1-9-16-12(21-17-9)8-15-13(19)10-4-6-18(7-5-10)14(20)11-2-3-11/h10-11H,2-8H2,1H3,(H,15,19). The van der Waals surface area contributed by atoms with Crippen LogP contribution in [0.5, 0.6) is 0 Å². The van der Waals surface area contributed by atoms with Gasteiger partial charge in [-0.3, -0.25) is 9.59 Å². The molecule has 1 aliphatic heterocycles. The van der Waals surface area contributed by atoms with E-state index >= 15 is 0 Å². The lowest BCUT2D eigenvalue weighted by Crippen LogP contribution is -2.43. The number of nitrogens with one attached hydrogen (secondary N) is 1. The van der Waals surface area contributed by atoms with E-state index in [2.05, 4.69) is 15.5 Å². The molecule has 3 rings (SSSR count). The van der Waals surface area contributed by atoms with Crippen molar-refractivity contribution in [3.63, 3.8) is 0 Å². The third-order valence-corrected chi connectivity index (χ3v) is 4.09. The summed E-state index contributed by atoms with van der Waals surface area (Å²) in [6.07, 6.45) is 3.52. The maximum absolute atomic E-state index is 12.1. The van der Waals surface area contributed by atoms with E-state index in [0.717, 1.165) is 25.7 Å². The van der Waals surface area contributed by atoms with Gasteiger partial charge in [0.2, 0.25) is 17.7 Å². The highest BCUT2D eigenvalue weighted by atomic mass is 16.5. The van der Waals surface area contributed by atoms with Crippen molar-refractivity contribution in [1.29, 1.82) is 0 Å². The second-order valence-corrected chi connectivity index (χ2v) is 5.83. The van der Waals surface area contributed by atoms with Crippen LogP contribution in [0.4, 0.5) is 0 Å². The van der Waals surface area contributed by atoms with Crippen LogP contribution in [-0.2, 0) is 16.1 Å². The van der Waals surface area contributed by atoms with Crippen molar-refractivity contribution < 1.29 is 14.1 Å². The van der Waals surface area contributed by atoms with Crippen molar-refractivity contribution in [2.24, 2.45) is 11.8 Å². The molecule has 7 nitrogen and oxygen atoms in total. The lowest BCUT2D eigenvalue weighted by Gasteiger charge is -2.31. The molecule has 2 aliphatic rings.